The summed E-state index contributed by atoms with van der Waals surface area (Å²) in [7, 11) is 0. The molecule has 6 amide bonds. The molecule has 6 atom stereocenters. The molecule has 2 aliphatic rings. The average molecular weight is 1160 g/mol. The van der Waals surface area contributed by atoms with E-state index in [0.29, 0.717) is 11.1 Å². The van der Waals surface area contributed by atoms with Crippen molar-refractivity contribution in [2.24, 2.45) is 0 Å². The molecule has 4 aromatic rings. The number of phenols is 1. The second-order valence-corrected chi connectivity index (χ2v) is 22.9. The third-order valence-electron chi connectivity index (χ3n) is 13.1. The van der Waals surface area contributed by atoms with Crippen LogP contribution in [0.3, 0.4) is 0 Å². The Labute approximate surface area is 518 Å². The van der Waals surface area contributed by atoms with Gasteiger partial charge < -0.3 is 56.2 Å². The Morgan fingerprint density at radius 1 is 0.650 bits per heavy atom. The number of aromatic hydroxyl groups is 1. The summed E-state index contributed by atoms with van der Waals surface area (Å²) in [4.78, 5) is 107. The molecular weight excluding hydrogens is 1090 g/mol. The number of aliphatic hydroxyl groups is 1. The Balaban J connectivity index is 0.000000414. The van der Waals surface area contributed by atoms with Crippen LogP contribution in [0.25, 0.3) is 0 Å². The third-order valence-corrected chi connectivity index (χ3v) is 15.8. The van der Waals surface area contributed by atoms with Gasteiger partial charge in [0.2, 0.25) is 17.9 Å². The molecule has 0 aliphatic carbocycles. The molecule has 4 aromatic carbocycles. The molecule has 19 nitrogen and oxygen atoms in total. The van der Waals surface area contributed by atoms with Gasteiger partial charge in [-0.25, -0.2) is 0 Å². The Morgan fingerprint density at radius 3 is 1.55 bits per heavy atom. The maximum Gasteiger partial charge on any atom is 1.00 e. The van der Waals surface area contributed by atoms with Crippen molar-refractivity contribution < 1.29 is 115 Å². The van der Waals surface area contributed by atoms with Crippen molar-refractivity contribution in [3.63, 3.8) is 0 Å². The molecule has 0 aromatic heterocycles. The van der Waals surface area contributed by atoms with Gasteiger partial charge in [-0.15, -0.1) is 36.7 Å². The van der Waals surface area contributed by atoms with Crippen LogP contribution in [0.4, 0.5) is 0 Å². The molecule has 0 bridgehead atoms. The summed E-state index contributed by atoms with van der Waals surface area (Å²) in [6, 6.07) is 24.1. The van der Waals surface area contributed by atoms with E-state index < -0.39 is 81.4 Å². The molecule has 0 radical (unpaired) electrons. The Morgan fingerprint density at radius 2 is 1.09 bits per heavy atom. The summed E-state index contributed by atoms with van der Waals surface area (Å²) in [6.07, 6.45) is 0.405. The van der Waals surface area contributed by atoms with Gasteiger partial charge in [-0.3, -0.25) is 38.4 Å². The molecule has 80 heavy (non-hydrogen) atoms. The second-order valence-electron chi connectivity index (χ2n) is 19.7. The molecule has 0 saturated carbocycles. The monoisotopic (exact) mass is 1160 g/mol. The molecule has 2 saturated heterocycles. The number of ether oxygens (including phenoxy) is 2. The number of benzene rings is 4. The van der Waals surface area contributed by atoms with Crippen molar-refractivity contribution in [3.05, 3.63) is 156 Å². The first-order valence-electron chi connectivity index (χ1n) is 25.2. The van der Waals surface area contributed by atoms with Crippen LogP contribution in [-0.4, -0.2) is 144 Å². The van der Waals surface area contributed by atoms with Crippen LogP contribution >= 0.6 is 23.5 Å². The number of hydrogen-bond donors (Lipinski definition) is 6. The van der Waals surface area contributed by atoms with Crippen LogP contribution in [0.1, 0.15) is 84.5 Å². The van der Waals surface area contributed by atoms with Crippen LogP contribution in [0.5, 0.6) is 11.5 Å². The summed E-state index contributed by atoms with van der Waals surface area (Å²) in [5, 5.41) is 32.5. The molecule has 0 spiro atoms. The molecule has 0 unspecified atom stereocenters. The number of nitrogens with one attached hydrogen (secondary N) is 4. The van der Waals surface area contributed by atoms with E-state index in [9.17, 15) is 48.6 Å². The zero-order valence-corrected chi connectivity index (χ0v) is 51.4. The molecular formula is C58H71KN6O13S2. The summed E-state index contributed by atoms with van der Waals surface area (Å²) in [6.45, 7) is 20.9. The van der Waals surface area contributed by atoms with E-state index in [4.69, 9.17) is 9.47 Å². The number of hydrogen-bond acceptors (Lipinski definition) is 15. The molecule has 424 valence electrons. The smallest absolute Gasteiger partial charge is 0.870 e. The standard InChI is InChI=1S/C31H37N3O7S.C27H33N3O5S.K.H2O/c1-7-16-32-29(38)27-31(5,6)42-18-34(27)30(39)26(41-21(4)36)24(17-22-12-9-8-10-13-22)33-28(37)23-14-11-15-25(19(23)2)40-20(3)35;1-5-14-28-25(34)23-27(3,4)36-16-30(23)26(35)22(32)20(15-18-10-7-6-8-11-18)29-24(33)19-12-9-13-21(31)17(19)2;;/h7-15,24,26-27H,1,16-18H2,2-6H3,(H,32,38)(H,33,37);5-13,20,22-23,31-32H,1,14-16H2,2-4H3,(H,28,34)(H,29,33);;1H2/q;;+1;/p-1/t24-,26-,27+;20-,22-,23+;;/m00../s1. The number of phenolic OH excluding ortho intramolecular Hbond substituents is 1. The quantitative estimate of drug-likeness (QED) is 0.0321. The van der Waals surface area contributed by atoms with Gasteiger partial charge in [0.15, 0.2) is 6.10 Å². The first kappa shape index (κ1) is 68.4. The largest absolute Gasteiger partial charge is 1.00 e. The van der Waals surface area contributed by atoms with Crippen molar-refractivity contribution in [1.82, 2.24) is 31.1 Å². The van der Waals surface area contributed by atoms with Gasteiger partial charge in [-0.2, -0.15) is 0 Å². The van der Waals surface area contributed by atoms with Crippen molar-refractivity contribution in [2.75, 3.05) is 24.8 Å². The van der Waals surface area contributed by atoms with Gasteiger partial charge in [-0.05, 0) is 89.8 Å². The topological polar surface area (TPSA) is 280 Å². The number of thioether (sulfide) groups is 2. The SMILES string of the molecule is C=CCNC(=O)[C@H]1N(C(=O)[C@@H](O)[C@H](Cc2ccccc2)NC(=O)c2cccc(O)c2C)CSC1(C)C.C=CCNC(=O)[C@H]1N(C(=O)[C@@H](OC(C)=O)[C@H](Cc2ccccc2)NC(=O)c2cccc(OC(C)=O)c2C)CSC1(C)C.[K+].[OH-]. The zero-order chi connectivity index (χ0) is 57.5. The van der Waals surface area contributed by atoms with E-state index in [1.54, 1.807) is 56.3 Å². The second kappa shape index (κ2) is 31.4. The number of amides is 6. The van der Waals surface area contributed by atoms with Crippen LogP contribution < -0.4 is 77.4 Å². The number of carbonyl (C=O) groups excluding carboxylic acids is 8. The minimum absolute atomic E-state index is 0. The van der Waals surface area contributed by atoms with Crippen molar-refractivity contribution in [2.45, 2.75) is 114 Å². The summed E-state index contributed by atoms with van der Waals surface area (Å²) in [5.74, 6) is -3.63. The first-order chi connectivity index (χ1) is 36.9. The predicted octanol–water partition coefficient (Wildman–Crippen LogP) is 2.39. The van der Waals surface area contributed by atoms with Crippen molar-refractivity contribution >= 4 is 70.9 Å². The molecule has 2 fully saturated rings. The number of aliphatic hydroxyl groups excluding tert-OH is 1. The number of esters is 2. The fourth-order valence-electron chi connectivity index (χ4n) is 9.05. The van der Waals surface area contributed by atoms with E-state index in [1.165, 1.54) is 53.2 Å². The Kier molecular flexibility index (Phi) is 26.9. The van der Waals surface area contributed by atoms with E-state index in [0.717, 1.165) is 11.1 Å². The zero-order valence-electron chi connectivity index (χ0n) is 46.6. The van der Waals surface area contributed by atoms with Crippen LogP contribution in [0.2, 0.25) is 0 Å². The van der Waals surface area contributed by atoms with Crippen LogP contribution in [0, 0.1) is 13.8 Å². The number of rotatable bonds is 20. The normalized spacial score (nSPS) is 17.1. The minimum atomic E-state index is -1.60. The van der Waals surface area contributed by atoms with Crippen LogP contribution in [-0.2, 0) is 46.3 Å². The average Bonchev–Trinajstić information content (AvgIpc) is 3.90. The van der Waals surface area contributed by atoms with Gasteiger partial charge in [-0.1, -0.05) is 84.9 Å². The Bertz CT molecular complexity index is 2860. The number of nitrogens with zero attached hydrogens (tertiary/aromatic N) is 2. The predicted molar refractivity (Wildman–Crippen MR) is 302 cm³/mol. The molecule has 7 N–H and O–H groups in total. The Hall–Kier alpha value is -5.82. The fraction of sp³-hybridized carbons (Fsp3) is 0.379. The fourth-order valence-corrected chi connectivity index (χ4v) is 11.3. The maximum atomic E-state index is 14.2. The maximum absolute atomic E-state index is 14.2. The van der Waals surface area contributed by atoms with E-state index in [-0.39, 0.29) is 129 Å². The third kappa shape index (κ3) is 18.1. The summed E-state index contributed by atoms with van der Waals surface area (Å²) in [5.41, 5.74) is 2.89. The van der Waals surface area contributed by atoms with Crippen molar-refractivity contribution in [1.29, 1.82) is 0 Å². The van der Waals surface area contributed by atoms with Gasteiger partial charge in [0.05, 0.1) is 23.8 Å². The first-order valence-corrected chi connectivity index (χ1v) is 27.2. The van der Waals surface area contributed by atoms with Gasteiger partial charge in [0.1, 0.15) is 23.6 Å². The van der Waals surface area contributed by atoms with E-state index in [1.807, 2.05) is 88.4 Å². The summed E-state index contributed by atoms with van der Waals surface area (Å²) < 4.78 is 9.63. The molecule has 22 heteroatoms. The number of carbonyl (C=O) groups is 8. The van der Waals surface area contributed by atoms with Gasteiger partial charge in [0.25, 0.3) is 23.6 Å². The van der Waals surface area contributed by atoms with E-state index >= 15 is 0 Å². The van der Waals surface area contributed by atoms with Crippen LogP contribution in [0.15, 0.2) is 122 Å². The minimum Gasteiger partial charge on any atom is -0.870 e. The van der Waals surface area contributed by atoms with Gasteiger partial charge in [0, 0.05) is 58.7 Å². The van der Waals surface area contributed by atoms with Crippen molar-refractivity contribution in [3.8, 4) is 11.5 Å². The van der Waals surface area contributed by atoms with E-state index in [2.05, 4.69) is 34.4 Å². The molecule has 2 heterocycles. The molecule has 2 aliphatic heterocycles. The van der Waals surface area contributed by atoms with Gasteiger partial charge >= 0.3 is 63.3 Å². The molecule has 6 rings (SSSR count). The summed E-state index contributed by atoms with van der Waals surface area (Å²) >= 11 is 2.87.